The standard InChI is InChI=1S/C13H18N2O2S/c1-11(2)18(16,17)15-10-13-6-3-5-12(9-13)7-4-8-14/h3,5-6,9,11,15H,8,10,14H2,1-2H3. The first kappa shape index (κ1) is 14.7. The van der Waals surface area contributed by atoms with Gasteiger partial charge in [-0.25, -0.2) is 13.1 Å². The summed E-state index contributed by atoms with van der Waals surface area (Å²) in [5, 5.41) is -0.433. The van der Waals surface area contributed by atoms with Crippen LogP contribution in [0.15, 0.2) is 24.3 Å². The van der Waals surface area contributed by atoms with Gasteiger partial charge in [0.1, 0.15) is 0 Å². The number of sulfonamides is 1. The fourth-order valence-electron chi connectivity index (χ4n) is 1.26. The number of hydrogen-bond acceptors (Lipinski definition) is 3. The first-order valence-corrected chi connectivity index (χ1v) is 7.26. The zero-order valence-electron chi connectivity index (χ0n) is 10.6. The lowest BCUT2D eigenvalue weighted by Gasteiger charge is -2.09. The van der Waals surface area contributed by atoms with Gasteiger partial charge in [0.2, 0.25) is 10.0 Å². The minimum Gasteiger partial charge on any atom is -0.320 e. The molecule has 0 saturated carbocycles. The van der Waals surface area contributed by atoms with Gasteiger partial charge in [-0.2, -0.15) is 0 Å². The molecule has 3 N–H and O–H groups in total. The number of benzene rings is 1. The second-order valence-corrected chi connectivity index (χ2v) is 6.44. The second kappa shape index (κ2) is 6.55. The molecule has 1 aromatic rings. The molecule has 0 spiro atoms. The van der Waals surface area contributed by atoms with Crippen LogP contribution in [0.1, 0.15) is 25.0 Å². The van der Waals surface area contributed by atoms with Gasteiger partial charge in [-0.05, 0) is 31.5 Å². The van der Waals surface area contributed by atoms with Gasteiger partial charge in [0, 0.05) is 12.1 Å². The van der Waals surface area contributed by atoms with Crippen LogP contribution in [-0.2, 0) is 16.6 Å². The van der Waals surface area contributed by atoms with Crippen molar-refractivity contribution >= 4 is 10.0 Å². The molecule has 0 amide bonds. The Kier molecular flexibility index (Phi) is 5.35. The van der Waals surface area contributed by atoms with E-state index in [9.17, 15) is 8.42 Å². The van der Waals surface area contributed by atoms with Gasteiger partial charge in [-0.3, -0.25) is 0 Å². The topological polar surface area (TPSA) is 72.2 Å². The van der Waals surface area contributed by atoms with E-state index in [1.807, 2.05) is 24.3 Å². The zero-order chi connectivity index (χ0) is 13.6. The van der Waals surface area contributed by atoms with Crippen molar-refractivity contribution < 1.29 is 8.42 Å². The number of rotatable bonds is 4. The Hall–Kier alpha value is -1.35. The Morgan fingerprint density at radius 2 is 2.11 bits per heavy atom. The quantitative estimate of drug-likeness (QED) is 0.793. The SMILES string of the molecule is CC(C)S(=O)(=O)NCc1cccc(C#CCN)c1. The highest BCUT2D eigenvalue weighted by Gasteiger charge is 2.14. The summed E-state index contributed by atoms with van der Waals surface area (Å²) in [6.45, 7) is 3.87. The fourth-order valence-corrected chi connectivity index (χ4v) is 1.96. The molecule has 0 fully saturated rings. The van der Waals surface area contributed by atoms with Gasteiger partial charge in [0.15, 0.2) is 0 Å². The maximum absolute atomic E-state index is 11.6. The highest BCUT2D eigenvalue weighted by molar-refractivity contribution is 7.90. The summed E-state index contributed by atoms with van der Waals surface area (Å²) in [7, 11) is -3.23. The monoisotopic (exact) mass is 266 g/mol. The van der Waals surface area contributed by atoms with Gasteiger partial charge < -0.3 is 5.73 Å². The van der Waals surface area contributed by atoms with E-state index in [-0.39, 0.29) is 6.54 Å². The van der Waals surface area contributed by atoms with Gasteiger partial charge in [0.25, 0.3) is 0 Å². The summed E-state index contributed by atoms with van der Waals surface area (Å²) in [6, 6.07) is 7.42. The molecule has 5 heteroatoms. The lowest BCUT2D eigenvalue weighted by molar-refractivity contribution is 0.572. The first-order chi connectivity index (χ1) is 8.45. The van der Waals surface area contributed by atoms with Crippen molar-refractivity contribution in [2.75, 3.05) is 6.54 Å². The van der Waals surface area contributed by atoms with E-state index in [4.69, 9.17) is 5.73 Å². The third-order valence-electron chi connectivity index (χ3n) is 2.36. The van der Waals surface area contributed by atoms with Crippen molar-refractivity contribution in [1.29, 1.82) is 0 Å². The van der Waals surface area contributed by atoms with E-state index in [2.05, 4.69) is 16.6 Å². The van der Waals surface area contributed by atoms with E-state index < -0.39 is 15.3 Å². The van der Waals surface area contributed by atoms with E-state index in [0.717, 1.165) is 11.1 Å². The summed E-state index contributed by atoms with van der Waals surface area (Å²) >= 11 is 0. The molecule has 0 aliphatic rings. The van der Waals surface area contributed by atoms with Crippen LogP contribution in [0.3, 0.4) is 0 Å². The van der Waals surface area contributed by atoms with Crippen molar-refractivity contribution in [3.63, 3.8) is 0 Å². The Balaban J connectivity index is 2.75. The molecule has 0 bridgehead atoms. The van der Waals surface area contributed by atoms with Crippen LogP contribution >= 0.6 is 0 Å². The molecule has 0 aromatic heterocycles. The van der Waals surface area contributed by atoms with Crippen LogP contribution in [0, 0.1) is 11.8 Å². The van der Waals surface area contributed by atoms with Crippen molar-refractivity contribution in [2.45, 2.75) is 25.6 Å². The Morgan fingerprint density at radius 3 is 2.72 bits per heavy atom. The maximum atomic E-state index is 11.6. The lowest BCUT2D eigenvalue weighted by atomic mass is 10.1. The predicted octanol–water partition coefficient (Wildman–Crippen LogP) is 0.825. The van der Waals surface area contributed by atoms with Gasteiger partial charge in [-0.1, -0.05) is 24.0 Å². The summed E-state index contributed by atoms with van der Waals surface area (Å²) in [6.07, 6.45) is 0. The largest absolute Gasteiger partial charge is 0.320 e. The molecule has 98 valence electrons. The summed E-state index contributed by atoms with van der Waals surface area (Å²) in [5.74, 6) is 5.67. The van der Waals surface area contributed by atoms with Crippen molar-refractivity contribution in [3.8, 4) is 11.8 Å². The molecule has 0 radical (unpaired) electrons. The normalized spacial score (nSPS) is 11.1. The lowest BCUT2D eigenvalue weighted by Crippen LogP contribution is -2.30. The smallest absolute Gasteiger partial charge is 0.214 e. The molecule has 18 heavy (non-hydrogen) atoms. The Bertz CT molecular complexity index is 554. The van der Waals surface area contributed by atoms with Crippen molar-refractivity contribution in [3.05, 3.63) is 35.4 Å². The van der Waals surface area contributed by atoms with Crippen LogP contribution in [-0.4, -0.2) is 20.2 Å². The van der Waals surface area contributed by atoms with Gasteiger partial charge in [0.05, 0.1) is 11.8 Å². The van der Waals surface area contributed by atoms with E-state index in [1.54, 1.807) is 13.8 Å². The highest BCUT2D eigenvalue weighted by atomic mass is 32.2. The minimum atomic E-state index is -3.23. The first-order valence-electron chi connectivity index (χ1n) is 5.72. The van der Waals surface area contributed by atoms with Crippen LogP contribution in [0.25, 0.3) is 0 Å². The summed E-state index contributed by atoms with van der Waals surface area (Å²) in [5.41, 5.74) is 7.01. The molecule has 0 saturated heterocycles. The zero-order valence-corrected chi connectivity index (χ0v) is 11.4. The maximum Gasteiger partial charge on any atom is 0.214 e. The van der Waals surface area contributed by atoms with Crippen LogP contribution in [0.2, 0.25) is 0 Å². The van der Waals surface area contributed by atoms with Crippen LogP contribution in [0.5, 0.6) is 0 Å². The van der Waals surface area contributed by atoms with E-state index in [1.165, 1.54) is 0 Å². The van der Waals surface area contributed by atoms with Crippen LogP contribution in [0.4, 0.5) is 0 Å². The van der Waals surface area contributed by atoms with Gasteiger partial charge >= 0.3 is 0 Å². The average Bonchev–Trinajstić information content (AvgIpc) is 2.34. The summed E-state index contributed by atoms with van der Waals surface area (Å²) in [4.78, 5) is 0. The fraction of sp³-hybridized carbons (Fsp3) is 0.385. The molecule has 0 aliphatic heterocycles. The van der Waals surface area contributed by atoms with Crippen LogP contribution < -0.4 is 10.5 Å². The van der Waals surface area contributed by atoms with E-state index in [0.29, 0.717) is 6.54 Å². The molecule has 0 unspecified atom stereocenters. The highest BCUT2D eigenvalue weighted by Crippen LogP contribution is 2.05. The third kappa shape index (κ3) is 4.49. The number of nitrogens with two attached hydrogens (primary N) is 1. The number of hydrogen-bond donors (Lipinski definition) is 2. The molecular weight excluding hydrogens is 248 g/mol. The average molecular weight is 266 g/mol. The Morgan fingerprint density at radius 1 is 1.39 bits per heavy atom. The third-order valence-corrected chi connectivity index (χ3v) is 4.15. The molecule has 1 rings (SSSR count). The van der Waals surface area contributed by atoms with Crippen molar-refractivity contribution in [1.82, 2.24) is 4.72 Å². The Labute approximate surface area is 109 Å². The second-order valence-electron chi connectivity index (χ2n) is 4.12. The molecule has 0 atom stereocenters. The van der Waals surface area contributed by atoms with Gasteiger partial charge in [-0.15, -0.1) is 0 Å². The molecular formula is C13H18N2O2S. The molecule has 4 nitrogen and oxygen atoms in total. The van der Waals surface area contributed by atoms with E-state index >= 15 is 0 Å². The summed E-state index contributed by atoms with van der Waals surface area (Å²) < 4.78 is 25.8. The molecule has 0 aliphatic carbocycles. The minimum absolute atomic E-state index is 0.276. The molecule has 1 aromatic carbocycles. The molecule has 0 heterocycles. The predicted molar refractivity (Wildman–Crippen MR) is 73.3 cm³/mol. The number of nitrogens with one attached hydrogen (secondary N) is 1. The van der Waals surface area contributed by atoms with Crippen molar-refractivity contribution in [2.24, 2.45) is 5.73 Å².